The molecule has 3 aromatic rings. The highest BCUT2D eigenvalue weighted by Crippen LogP contribution is 2.40. The second kappa shape index (κ2) is 5.57. The Bertz CT molecular complexity index is 753. The van der Waals surface area contributed by atoms with E-state index >= 15 is 0 Å². The number of hydrogen-bond acceptors (Lipinski definition) is 6. The molecule has 5 nitrogen and oxygen atoms in total. The van der Waals surface area contributed by atoms with E-state index in [2.05, 4.69) is 4.98 Å². The zero-order chi connectivity index (χ0) is 14.8. The van der Waals surface area contributed by atoms with Gasteiger partial charge in [0, 0.05) is 22.7 Å². The van der Waals surface area contributed by atoms with Crippen LogP contribution in [0.3, 0.4) is 0 Å². The number of methoxy groups -OCH3 is 2. The summed E-state index contributed by atoms with van der Waals surface area (Å²) in [6.45, 7) is 0. The van der Waals surface area contributed by atoms with Crippen molar-refractivity contribution in [1.82, 2.24) is 4.98 Å². The molecule has 21 heavy (non-hydrogen) atoms. The van der Waals surface area contributed by atoms with Gasteiger partial charge in [0.05, 0.1) is 14.2 Å². The number of nitrogens with two attached hydrogens (primary N) is 1. The molecular formula is C15H14N2O3S. The van der Waals surface area contributed by atoms with Crippen molar-refractivity contribution >= 4 is 28.5 Å². The van der Waals surface area contributed by atoms with Crippen molar-refractivity contribution in [3.05, 3.63) is 36.4 Å². The van der Waals surface area contributed by atoms with Crippen LogP contribution in [0.5, 0.6) is 11.5 Å². The molecule has 1 aromatic heterocycles. The third kappa shape index (κ3) is 2.62. The maximum atomic E-state index is 6.04. The molecule has 1 heterocycles. The summed E-state index contributed by atoms with van der Waals surface area (Å²) in [6.07, 6.45) is 0. The van der Waals surface area contributed by atoms with E-state index in [1.54, 1.807) is 20.3 Å². The molecule has 0 atom stereocenters. The first-order valence-electron chi connectivity index (χ1n) is 6.26. The van der Waals surface area contributed by atoms with Crippen molar-refractivity contribution in [1.29, 1.82) is 0 Å². The van der Waals surface area contributed by atoms with Crippen LogP contribution in [-0.2, 0) is 0 Å². The summed E-state index contributed by atoms with van der Waals surface area (Å²) in [5.74, 6) is 1.21. The van der Waals surface area contributed by atoms with Crippen molar-refractivity contribution in [3.8, 4) is 11.5 Å². The number of aromatic nitrogens is 1. The molecule has 0 saturated carbocycles. The Morgan fingerprint density at radius 3 is 2.52 bits per heavy atom. The van der Waals surface area contributed by atoms with E-state index in [0.29, 0.717) is 22.4 Å². The number of nitrogen functional groups attached to an aromatic ring is 1. The third-order valence-electron chi connectivity index (χ3n) is 2.99. The summed E-state index contributed by atoms with van der Waals surface area (Å²) in [7, 11) is 3.16. The number of fused-ring (bicyclic) bond motifs is 1. The van der Waals surface area contributed by atoms with Crippen LogP contribution in [0.25, 0.3) is 11.1 Å². The molecule has 0 radical (unpaired) electrons. The Labute approximate surface area is 126 Å². The van der Waals surface area contributed by atoms with Crippen molar-refractivity contribution in [2.45, 2.75) is 10.1 Å². The fourth-order valence-corrected chi connectivity index (χ4v) is 2.76. The quantitative estimate of drug-likeness (QED) is 0.743. The van der Waals surface area contributed by atoms with Crippen LogP contribution in [0.4, 0.5) is 5.69 Å². The van der Waals surface area contributed by atoms with E-state index in [4.69, 9.17) is 19.6 Å². The van der Waals surface area contributed by atoms with Gasteiger partial charge in [-0.15, -0.1) is 0 Å². The highest BCUT2D eigenvalue weighted by molar-refractivity contribution is 7.99. The molecule has 2 aromatic carbocycles. The number of hydrogen-bond donors (Lipinski definition) is 1. The van der Waals surface area contributed by atoms with Crippen molar-refractivity contribution in [2.24, 2.45) is 0 Å². The molecule has 0 bridgehead atoms. The van der Waals surface area contributed by atoms with Gasteiger partial charge in [0.25, 0.3) is 5.22 Å². The molecule has 6 heteroatoms. The van der Waals surface area contributed by atoms with Crippen molar-refractivity contribution in [2.75, 3.05) is 20.0 Å². The molecule has 3 rings (SSSR count). The number of rotatable bonds is 4. The topological polar surface area (TPSA) is 70.5 Å². The van der Waals surface area contributed by atoms with Crippen LogP contribution in [0, 0.1) is 0 Å². The van der Waals surface area contributed by atoms with Gasteiger partial charge >= 0.3 is 0 Å². The molecule has 0 spiro atoms. The second-order valence-corrected chi connectivity index (χ2v) is 5.29. The lowest BCUT2D eigenvalue weighted by Crippen LogP contribution is -1.95. The van der Waals surface area contributed by atoms with Crippen LogP contribution in [0.1, 0.15) is 0 Å². The fourth-order valence-electron chi connectivity index (χ4n) is 1.95. The van der Waals surface area contributed by atoms with Gasteiger partial charge in [-0.1, -0.05) is 12.1 Å². The van der Waals surface area contributed by atoms with Gasteiger partial charge in [-0.2, -0.15) is 0 Å². The Morgan fingerprint density at radius 1 is 1.10 bits per heavy atom. The number of anilines is 1. The molecule has 2 N–H and O–H groups in total. The van der Waals surface area contributed by atoms with Crippen LogP contribution < -0.4 is 15.2 Å². The Morgan fingerprint density at radius 2 is 1.81 bits per heavy atom. The summed E-state index contributed by atoms with van der Waals surface area (Å²) in [4.78, 5) is 5.22. The summed E-state index contributed by atoms with van der Waals surface area (Å²) >= 11 is 1.35. The summed E-state index contributed by atoms with van der Waals surface area (Å²) in [5.41, 5.74) is 8.19. The number of oxazole rings is 1. The number of benzene rings is 2. The molecule has 0 fully saturated rings. The standard InChI is InChI=1S/C15H14N2O3S/c1-18-12-7-9(16)14(8-13(12)19-2)21-15-17-10-5-3-4-6-11(10)20-15/h3-8H,16H2,1-2H3. The number of para-hydroxylation sites is 2. The van der Waals surface area contributed by atoms with Crippen molar-refractivity contribution in [3.63, 3.8) is 0 Å². The number of nitrogens with zero attached hydrogens (tertiary/aromatic N) is 1. The van der Waals surface area contributed by atoms with E-state index in [-0.39, 0.29) is 0 Å². The molecule has 0 saturated heterocycles. The lowest BCUT2D eigenvalue weighted by molar-refractivity contribution is 0.354. The zero-order valence-electron chi connectivity index (χ0n) is 11.6. The molecule has 108 valence electrons. The van der Waals surface area contributed by atoms with E-state index in [1.165, 1.54) is 11.8 Å². The van der Waals surface area contributed by atoms with Crippen LogP contribution in [0.2, 0.25) is 0 Å². The highest BCUT2D eigenvalue weighted by Gasteiger charge is 2.13. The average molecular weight is 302 g/mol. The largest absolute Gasteiger partial charge is 0.493 e. The Balaban J connectivity index is 1.97. The molecule has 0 aliphatic heterocycles. The predicted molar refractivity (Wildman–Crippen MR) is 82.1 cm³/mol. The van der Waals surface area contributed by atoms with Crippen molar-refractivity contribution < 1.29 is 13.9 Å². The summed E-state index contributed by atoms with van der Waals surface area (Å²) in [6, 6.07) is 11.2. The van der Waals surface area contributed by atoms with Gasteiger partial charge in [0.15, 0.2) is 17.1 Å². The average Bonchev–Trinajstić information content (AvgIpc) is 2.91. The predicted octanol–water partition coefficient (Wildman–Crippen LogP) is 3.58. The van der Waals surface area contributed by atoms with E-state index in [9.17, 15) is 0 Å². The van der Waals surface area contributed by atoms with E-state index in [1.807, 2.05) is 30.3 Å². The maximum absolute atomic E-state index is 6.04. The van der Waals surface area contributed by atoms with Gasteiger partial charge in [0.2, 0.25) is 0 Å². The minimum Gasteiger partial charge on any atom is -0.493 e. The van der Waals surface area contributed by atoms with Gasteiger partial charge in [-0.25, -0.2) is 4.98 Å². The van der Waals surface area contributed by atoms with Gasteiger partial charge in [-0.3, -0.25) is 0 Å². The van der Waals surface area contributed by atoms with E-state index in [0.717, 1.165) is 16.0 Å². The van der Waals surface area contributed by atoms with Gasteiger partial charge in [0.1, 0.15) is 5.52 Å². The molecule has 0 unspecified atom stereocenters. The first-order valence-corrected chi connectivity index (χ1v) is 7.08. The highest BCUT2D eigenvalue weighted by atomic mass is 32.2. The fraction of sp³-hybridized carbons (Fsp3) is 0.133. The molecule has 0 aliphatic rings. The Kier molecular flexibility index (Phi) is 3.62. The van der Waals surface area contributed by atoms with Gasteiger partial charge < -0.3 is 19.6 Å². The molecule has 0 aliphatic carbocycles. The number of ether oxygens (including phenoxy) is 2. The monoisotopic (exact) mass is 302 g/mol. The second-order valence-electron chi connectivity index (χ2n) is 4.29. The Hall–Kier alpha value is -2.34. The minimum absolute atomic E-state index is 0.537. The third-order valence-corrected chi connectivity index (χ3v) is 3.91. The SMILES string of the molecule is COc1cc(N)c(Sc2nc3ccccc3o2)cc1OC. The molecular weight excluding hydrogens is 288 g/mol. The molecule has 0 amide bonds. The van der Waals surface area contributed by atoms with Crippen LogP contribution in [0.15, 0.2) is 50.9 Å². The minimum atomic E-state index is 0.537. The van der Waals surface area contributed by atoms with Crippen LogP contribution >= 0.6 is 11.8 Å². The van der Waals surface area contributed by atoms with Crippen LogP contribution in [-0.4, -0.2) is 19.2 Å². The smallest absolute Gasteiger partial charge is 0.261 e. The van der Waals surface area contributed by atoms with Gasteiger partial charge in [-0.05, 0) is 23.9 Å². The summed E-state index contributed by atoms with van der Waals surface area (Å²) in [5, 5.41) is 0.537. The van der Waals surface area contributed by atoms with E-state index < -0.39 is 0 Å². The first kappa shape index (κ1) is 13.6. The lowest BCUT2D eigenvalue weighted by Gasteiger charge is -2.10. The zero-order valence-corrected chi connectivity index (χ0v) is 12.4. The summed E-state index contributed by atoms with van der Waals surface area (Å²) < 4.78 is 16.2. The first-order chi connectivity index (χ1) is 10.2. The normalized spacial score (nSPS) is 10.8. The lowest BCUT2D eigenvalue weighted by atomic mass is 10.3. The maximum Gasteiger partial charge on any atom is 0.261 e.